The average Bonchev–Trinajstić information content (AvgIpc) is 2.66. The molecular weight excluding hydrogens is 346 g/mol. The second-order valence-electron chi connectivity index (χ2n) is 7.50. The van der Waals surface area contributed by atoms with E-state index < -0.39 is 36.4 Å². The summed E-state index contributed by atoms with van der Waals surface area (Å²) in [4.78, 5) is 14.0. The largest absolute Gasteiger partial charge is 0.459 e. The summed E-state index contributed by atoms with van der Waals surface area (Å²) in [6.45, 7) is 4.14. The summed E-state index contributed by atoms with van der Waals surface area (Å²) in [6, 6.07) is 8.27. The maximum atomic E-state index is 12.2. The Bertz CT molecular complexity index is 579. The van der Waals surface area contributed by atoms with Gasteiger partial charge in [0.1, 0.15) is 18.8 Å². The Morgan fingerprint density at radius 1 is 1.19 bits per heavy atom. The molecule has 6 nitrogen and oxygen atoms in total. The highest BCUT2D eigenvalue weighted by molar-refractivity contribution is 5.89. The van der Waals surface area contributed by atoms with Crippen LogP contribution in [0.25, 0.3) is 0 Å². The van der Waals surface area contributed by atoms with Gasteiger partial charge in [0.15, 0.2) is 0 Å². The van der Waals surface area contributed by atoms with Crippen LogP contribution in [0.5, 0.6) is 0 Å². The first-order chi connectivity index (χ1) is 12.9. The molecule has 0 aliphatic carbocycles. The molecule has 2 N–H and O–H groups in total. The molecule has 2 unspecified atom stereocenters. The van der Waals surface area contributed by atoms with Gasteiger partial charge in [0.25, 0.3) is 0 Å². The predicted octanol–water partition coefficient (Wildman–Crippen LogP) is 2.09. The second kappa shape index (κ2) is 10.2. The molecular formula is C21H33NO5. The molecule has 6 heteroatoms. The molecule has 0 aromatic heterocycles. The van der Waals surface area contributed by atoms with E-state index in [9.17, 15) is 15.0 Å². The van der Waals surface area contributed by atoms with Crippen LogP contribution in [0.15, 0.2) is 30.3 Å². The van der Waals surface area contributed by atoms with Gasteiger partial charge in [0, 0.05) is 0 Å². The van der Waals surface area contributed by atoms with Crippen molar-refractivity contribution in [1.29, 1.82) is 0 Å². The summed E-state index contributed by atoms with van der Waals surface area (Å²) in [5.41, 5.74) is 0.459. The van der Waals surface area contributed by atoms with E-state index in [0.717, 1.165) is 19.3 Å². The molecule has 152 valence electrons. The summed E-state index contributed by atoms with van der Waals surface area (Å²) in [5.74, 6) is -0.261. The maximum Gasteiger partial charge on any atom is 0.338 e. The number of carbonyl (C=O) groups excluding carboxylic acids is 1. The fourth-order valence-electron chi connectivity index (χ4n) is 3.90. The van der Waals surface area contributed by atoms with Crippen LogP contribution in [0.3, 0.4) is 0 Å². The molecule has 0 saturated carbocycles. The van der Waals surface area contributed by atoms with Gasteiger partial charge >= 0.3 is 5.97 Å². The minimum Gasteiger partial charge on any atom is -0.459 e. The van der Waals surface area contributed by atoms with Crippen molar-refractivity contribution in [3.63, 3.8) is 0 Å². The van der Waals surface area contributed by atoms with Crippen LogP contribution in [0, 0.1) is 5.92 Å². The number of esters is 1. The summed E-state index contributed by atoms with van der Waals surface area (Å²) < 4.78 is 11.5. The molecule has 0 spiro atoms. The molecule has 0 radical (unpaired) electrons. The Balaban J connectivity index is 2.12. The predicted molar refractivity (Wildman–Crippen MR) is 104 cm³/mol. The SMILES string of the molecule is CCCC(CC)C1O[C@H](COC(=O)c2ccccc2)[C@@H](O)[C@H](N(C)C)[C@H]1O. The zero-order chi connectivity index (χ0) is 20.0. The minimum absolute atomic E-state index is 0.0506. The van der Waals surface area contributed by atoms with Crippen molar-refractivity contribution in [3.05, 3.63) is 35.9 Å². The zero-order valence-corrected chi connectivity index (χ0v) is 16.7. The molecule has 1 heterocycles. The van der Waals surface area contributed by atoms with Crippen LogP contribution in [0.2, 0.25) is 0 Å². The van der Waals surface area contributed by atoms with E-state index in [1.165, 1.54) is 0 Å². The van der Waals surface area contributed by atoms with Gasteiger partial charge in [-0.05, 0) is 38.6 Å². The van der Waals surface area contributed by atoms with Crippen molar-refractivity contribution in [1.82, 2.24) is 4.90 Å². The number of aliphatic hydroxyl groups excluding tert-OH is 2. The van der Waals surface area contributed by atoms with Gasteiger partial charge in [-0.25, -0.2) is 4.79 Å². The average molecular weight is 379 g/mol. The van der Waals surface area contributed by atoms with E-state index in [2.05, 4.69) is 13.8 Å². The third kappa shape index (κ3) is 5.29. The lowest BCUT2D eigenvalue weighted by Crippen LogP contribution is -2.64. The number of hydrogen-bond donors (Lipinski definition) is 2. The van der Waals surface area contributed by atoms with Crippen molar-refractivity contribution >= 4 is 5.97 Å². The molecule has 2 rings (SSSR count). The van der Waals surface area contributed by atoms with Crippen molar-refractivity contribution in [2.45, 2.75) is 63.6 Å². The molecule has 1 aliphatic rings. The van der Waals surface area contributed by atoms with Crippen LogP contribution < -0.4 is 0 Å². The minimum atomic E-state index is -0.950. The number of benzene rings is 1. The summed E-state index contributed by atoms with van der Waals surface area (Å²) >= 11 is 0. The second-order valence-corrected chi connectivity index (χ2v) is 7.50. The third-order valence-electron chi connectivity index (χ3n) is 5.38. The van der Waals surface area contributed by atoms with Crippen LogP contribution in [0.1, 0.15) is 43.5 Å². The maximum absolute atomic E-state index is 12.2. The standard InChI is InChI=1S/C21H33NO5/c1-5-10-14(6-2)20-19(24)17(22(3)4)18(23)16(27-20)13-26-21(25)15-11-8-7-9-12-15/h7-9,11-12,14,16-20,23-24H,5-6,10,13H2,1-4H3/t14?,16-,17+,18-,19-,20?/m1/s1. The monoisotopic (exact) mass is 379 g/mol. The van der Waals surface area contributed by atoms with Crippen molar-refractivity contribution in [2.24, 2.45) is 5.92 Å². The lowest BCUT2D eigenvalue weighted by atomic mass is 9.82. The van der Waals surface area contributed by atoms with Crippen LogP contribution in [0.4, 0.5) is 0 Å². The fourth-order valence-corrected chi connectivity index (χ4v) is 3.90. The number of ether oxygens (including phenoxy) is 2. The summed E-state index contributed by atoms with van der Waals surface area (Å²) in [6.07, 6.45) is -0.0153. The van der Waals surface area contributed by atoms with Gasteiger partial charge in [-0.1, -0.05) is 44.9 Å². The molecule has 1 fully saturated rings. The number of carbonyl (C=O) groups is 1. The van der Waals surface area contributed by atoms with Crippen molar-refractivity contribution in [3.8, 4) is 0 Å². The Hall–Kier alpha value is -1.47. The molecule has 1 aromatic carbocycles. The molecule has 27 heavy (non-hydrogen) atoms. The first-order valence-electron chi connectivity index (χ1n) is 9.80. The van der Waals surface area contributed by atoms with Gasteiger partial charge in [-0.2, -0.15) is 0 Å². The highest BCUT2D eigenvalue weighted by atomic mass is 16.6. The quantitative estimate of drug-likeness (QED) is 0.674. The Labute approximate surface area is 162 Å². The van der Waals surface area contributed by atoms with Gasteiger partial charge in [0.2, 0.25) is 0 Å². The third-order valence-corrected chi connectivity index (χ3v) is 5.38. The highest BCUT2D eigenvalue weighted by Gasteiger charge is 2.47. The number of likely N-dealkylation sites (N-methyl/N-ethyl adjacent to an activating group) is 1. The van der Waals surface area contributed by atoms with Crippen LogP contribution in [-0.4, -0.2) is 72.2 Å². The normalized spacial score (nSPS) is 29.5. The molecule has 6 atom stereocenters. The first-order valence-corrected chi connectivity index (χ1v) is 9.80. The molecule has 1 aromatic rings. The highest BCUT2D eigenvalue weighted by Crippen LogP contribution is 2.32. The van der Waals surface area contributed by atoms with Crippen LogP contribution >= 0.6 is 0 Å². The summed E-state index contributed by atoms with van der Waals surface area (Å²) in [7, 11) is 3.65. The van der Waals surface area contributed by atoms with E-state index in [4.69, 9.17) is 9.47 Å². The van der Waals surface area contributed by atoms with Gasteiger partial charge in [-0.3, -0.25) is 0 Å². The topological polar surface area (TPSA) is 79.2 Å². The van der Waals surface area contributed by atoms with E-state index in [-0.39, 0.29) is 12.5 Å². The van der Waals surface area contributed by atoms with Gasteiger partial charge < -0.3 is 24.6 Å². The van der Waals surface area contributed by atoms with Crippen molar-refractivity contribution < 1.29 is 24.5 Å². The summed E-state index contributed by atoms with van der Waals surface area (Å²) in [5, 5.41) is 21.6. The smallest absolute Gasteiger partial charge is 0.338 e. The number of hydrogen-bond acceptors (Lipinski definition) is 6. The van der Waals surface area contributed by atoms with Gasteiger partial charge in [-0.15, -0.1) is 0 Å². The van der Waals surface area contributed by atoms with E-state index >= 15 is 0 Å². The fraction of sp³-hybridized carbons (Fsp3) is 0.667. The van der Waals surface area contributed by atoms with E-state index in [1.54, 1.807) is 24.3 Å². The lowest BCUT2D eigenvalue weighted by molar-refractivity contribution is -0.223. The Morgan fingerprint density at radius 2 is 1.85 bits per heavy atom. The number of nitrogens with zero attached hydrogens (tertiary/aromatic N) is 1. The number of aliphatic hydroxyl groups is 2. The lowest BCUT2D eigenvalue weighted by Gasteiger charge is -2.47. The van der Waals surface area contributed by atoms with Crippen molar-refractivity contribution in [2.75, 3.05) is 20.7 Å². The molecule has 1 saturated heterocycles. The van der Waals surface area contributed by atoms with E-state index in [1.807, 2.05) is 25.1 Å². The zero-order valence-electron chi connectivity index (χ0n) is 16.7. The molecule has 1 aliphatic heterocycles. The first kappa shape index (κ1) is 21.8. The number of rotatable bonds is 8. The molecule has 0 amide bonds. The molecule has 0 bridgehead atoms. The van der Waals surface area contributed by atoms with Crippen LogP contribution in [-0.2, 0) is 9.47 Å². The van der Waals surface area contributed by atoms with Gasteiger partial charge in [0.05, 0.1) is 23.8 Å². The van der Waals surface area contributed by atoms with E-state index in [0.29, 0.717) is 5.56 Å². The Morgan fingerprint density at radius 3 is 2.41 bits per heavy atom. The Kier molecular flexibility index (Phi) is 8.23.